The number of aromatic nitrogens is 4. The molecule has 136 valence electrons. The van der Waals surface area contributed by atoms with E-state index in [0.29, 0.717) is 6.04 Å². The highest BCUT2D eigenvalue weighted by Crippen LogP contribution is 2.15. The predicted molar refractivity (Wildman–Crippen MR) is 96.0 cm³/mol. The molecule has 1 aliphatic rings. The molecule has 0 bridgehead atoms. The van der Waals surface area contributed by atoms with E-state index in [2.05, 4.69) is 33.4 Å². The molecular weight excluding hydrogens is 316 g/mol. The molecule has 0 aromatic carbocycles. The molecule has 3 rings (SSSR count). The second-order valence-corrected chi connectivity index (χ2v) is 6.96. The van der Waals surface area contributed by atoms with Gasteiger partial charge in [0.05, 0.1) is 6.54 Å². The Labute approximate surface area is 149 Å². The monoisotopic (exact) mass is 344 g/mol. The summed E-state index contributed by atoms with van der Waals surface area (Å²) in [5.74, 6) is 1.24. The van der Waals surface area contributed by atoms with Crippen molar-refractivity contribution in [1.82, 2.24) is 29.1 Å². The molecule has 0 unspecified atom stereocenters. The molecule has 0 N–H and O–H groups in total. The van der Waals surface area contributed by atoms with Gasteiger partial charge in [0, 0.05) is 57.0 Å². The summed E-state index contributed by atoms with van der Waals surface area (Å²) in [5, 5.41) is 4.19. The third-order valence-electron chi connectivity index (χ3n) is 4.85. The predicted octanol–water partition coefficient (Wildman–Crippen LogP) is 1.96. The minimum absolute atomic E-state index is 0.147. The first-order chi connectivity index (χ1) is 12.1. The van der Waals surface area contributed by atoms with Gasteiger partial charge in [-0.15, -0.1) is 0 Å². The number of hydrogen-bond donors (Lipinski definition) is 0. The van der Waals surface area contributed by atoms with Crippen LogP contribution < -0.4 is 0 Å². The van der Waals surface area contributed by atoms with Gasteiger partial charge in [-0.2, -0.15) is 5.10 Å². The highest BCUT2D eigenvalue weighted by atomic mass is 16.2. The number of hydrogen-bond acceptors (Lipinski definition) is 4. The maximum Gasteiger partial charge on any atom is 0.247 e. The molecule has 0 spiro atoms. The first-order valence-corrected chi connectivity index (χ1v) is 9.08. The summed E-state index contributed by atoms with van der Waals surface area (Å²) in [6.45, 7) is 10.5. The Kier molecular flexibility index (Phi) is 5.53. The molecule has 1 atom stereocenters. The third kappa shape index (κ3) is 4.10. The van der Waals surface area contributed by atoms with Crippen molar-refractivity contribution in [2.75, 3.05) is 26.2 Å². The fourth-order valence-corrected chi connectivity index (χ4v) is 3.37. The number of carbonyl (C=O) groups is 1. The van der Waals surface area contributed by atoms with Gasteiger partial charge in [-0.3, -0.25) is 14.4 Å². The summed E-state index contributed by atoms with van der Waals surface area (Å²) in [5.41, 5.74) is 0. The van der Waals surface area contributed by atoms with Crippen LogP contribution in [0.25, 0.3) is 0 Å². The lowest BCUT2D eigenvalue weighted by molar-refractivity contribution is -0.134. The topological polar surface area (TPSA) is 59.2 Å². The summed E-state index contributed by atoms with van der Waals surface area (Å²) in [7, 11) is 0. The molecule has 2 aromatic rings. The van der Waals surface area contributed by atoms with E-state index < -0.39 is 0 Å². The molecule has 0 radical (unpaired) electrons. The van der Waals surface area contributed by atoms with Crippen LogP contribution in [0.1, 0.15) is 45.1 Å². The van der Waals surface area contributed by atoms with E-state index in [1.165, 1.54) is 0 Å². The van der Waals surface area contributed by atoms with Gasteiger partial charge in [-0.25, -0.2) is 4.98 Å². The average molecular weight is 344 g/mol. The van der Waals surface area contributed by atoms with Crippen molar-refractivity contribution in [2.24, 2.45) is 0 Å². The van der Waals surface area contributed by atoms with Gasteiger partial charge >= 0.3 is 0 Å². The lowest BCUT2D eigenvalue weighted by Gasteiger charge is -2.25. The van der Waals surface area contributed by atoms with Crippen LogP contribution >= 0.6 is 0 Å². The van der Waals surface area contributed by atoms with Crippen LogP contribution in [0.2, 0.25) is 0 Å². The largest absolute Gasteiger partial charge is 0.340 e. The molecule has 2 aromatic heterocycles. The van der Waals surface area contributed by atoms with E-state index in [4.69, 9.17) is 0 Å². The molecule has 0 aliphatic carbocycles. The van der Waals surface area contributed by atoms with Crippen LogP contribution in [0.3, 0.4) is 0 Å². The number of carbonyl (C=O) groups excluding carboxylic acids is 1. The van der Waals surface area contributed by atoms with Crippen LogP contribution in [0.15, 0.2) is 30.9 Å². The Hall–Kier alpha value is -2.15. The van der Waals surface area contributed by atoms with Gasteiger partial charge in [-0.05, 0) is 33.3 Å². The number of amides is 1. The Morgan fingerprint density at radius 3 is 2.68 bits per heavy atom. The zero-order chi connectivity index (χ0) is 17.8. The summed E-state index contributed by atoms with van der Waals surface area (Å²) in [6, 6.07) is 2.02. The van der Waals surface area contributed by atoms with E-state index in [1.807, 2.05) is 36.5 Å². The van der Waals surface area contributed by atoms with Gasteiger partial charge < -0.3 is 9.47 Å². The summed E-state index contributed by atoms with van der Waals surface area (Å²) >= 11 is 0. The molecule has 1 aliphatic heterocycles. The quantitative estimate of drug-likeness (QED) is 0.832. The molecule has 1 amide bonds. The van der Waals surface area contributed by atoms with Gasteiger partial charge in [0.15, 0.2) is 0 Å². The van der Waals surface area contributed by atoms with Gasteiger partial charge in [0.25, 0.3) is 0 Å². The van der Waals surface area contributed by atoms with Crippen molar-refractivity contribution >= 4 is 5.91 Å². The SMILES string of the molecule is CC(C)n1ccnc1CN1CCCN(C(=O)[C@@H](C)n2cccn2)CC1. The molecule has 25 heavy (non-hydrogen) atoms. The molecule has 0 saturated carbocycles. The second kappa shape index (κ2) is 7.82. The minimum atomic E-state index is -0.249. The fraction of sp³-hybridized carbons (Fsp3) is 0.611. The first kappa shape index (κ1) is 17.7. The van der Waals surface area contributed by atoms with Crippen LogP contribution in [0.4, 0.5) is 0 Å². The normalized spacial score (nSPS) is 17.7. The zero-order valence-electron chi connectivity index (χ0n) is 15.4. The highest BCUT2D eigenvalue weighted by Gasteiger charge is 2.25. The number of imidazole rings is 1. The zero-order valence-corrected chi connectivity index (χ0v) is 15.4. The van der Waals surface area contributed by atoms with Crippen LogP contribution in [-0.4, -0.2) is 61.2 Å². The Morgan fingerprint density at radius 1 is 1.12 bits per heavy atom. The van der Waals surface area contributed by atoms with E-state index in [-0.39, 0.29) is 11.9 Å². The van der Waals surface area contributed by atoms with E-state index in [0.717, 1.165) is 45.0 Å². The van der Waals surface area contributed by atoms with Gasteiger partial charge in [0.2, 0.25) is 5.91 Å². The van der Waals surface area contributed by atoms with Crippen LogP contribution in [0, 0.1) is 0 Å². The van der Waals surface area contributed by atoms with Gasteiger partial charge in [0.1, 0.15) is 11.9 Å². The molecule has 7 heteroatoms. The lowest BCUT2D eigenvalue weighted by atomic mass is 10.2. The van der Waals surface area contributed by atoms with Crippen molar-refractivity contribution in [3.8, 4) is 0 Å². The van der Waals surface area contributed by atoms with Crippen LogP contribution in [0.5, 0.6) is 0 Å². The highest BCUT2D eigenvalue weighted by molar-refractivity contribution is 5.80. The minimum Gasteiger partial charge on any atom is -0.340 e. The Balaban J connectivity index is 1.58. The Morgan fingerprint density at radius 2 is 1.96 bits per heavy atom. The second-order valence-electron chi connectivity index (χ2n) is 6.96. The maximum atomic E-state index is 12.7. The van der Waals surface area contributed by atoms with E-state index >= 15 is 0 Å². The maximum absolute atomic E-state index is 12.7. The van der Waals surface area contributed by atoms with Crippen LogP contribution in [-0.2, 0) is 11.3 Å². The van der Waals surface area contributed by atoms with Crippen molar-refractivity contribution in [3.63, 3.8) is 0 Å². The first-order valence-electron chi connectivity index (χ1n) is 9.08. The Bertz CT molecular complexity index is 678. The lowest BCUT2D eigenvalue weighted by Crippen LogP contribution is -2.39. The summed E-state index contributed by atoms with van der Waals surface area (Å²) in [4.78, 5) is 21.6. The molecule has 1 saturated heterocycles. The van der Waals surface area contributed by atoms with Crippen molar-refractivity contribution in [3.05, 3.63) is 36.7 Å². The number of nitrogens with zero attached hydrogens (tertiary/aromatic N) is 6. The molecule has 3 heterocycles. The summed E-state index contributed by atoms with van der Waals surface area (Å²) < 4.78 is 3.94. The third-order valence-corrected chi connectivity index (χ3v) is 4.85. The van der Waals surface area contributed by atoms with Crippen molar-refractivity contribution < 1.29 is 4.79 Å². The van der Waals surface area contributed by atoms with E-state index in [9.17, 15) is 4.79 Å². The average Bonchev–Trinajstić information content (AvgIpc) is 3.23. The molecular formula is C18H28N6O. The standard InChI is InChI=1S/C18H28N6O/c1-15(2)23-11-7-19-17(23)14-21-8-5-9-22(13-12-21)18(25)16(3)24-10-4-6-20-24/h4,6-7,10-11,15-16H,5,8-9,12-14H2,1-3H3/t16-/m1/s1. The number of rotatable bonds is 5. The van der Waals surface area contributed by atoms with Gasteiger partial charge in [-0.1, -0.05) is 0 Å². The molecule has 1 fully saturated rings. The van der Waals surface area contributed by atoms with Crippen molar-refractivity contribution in [1.29, 1.82) is 0 Å². The summed E-state index contributed by atoms with van der Waals surface area (Å²) in [6.07, 6.45) is 8.46. The molecule has 7 nitrogen and oxygen atoms in total. The fourth-order valence-electron chi connectivity index (χ4n) is 3.37. The van der Waals surface area contributed by atoms with E-state index in [1.54, 1.807) is 10.9 Å². The van der Waals surface area contributed by atoms with Crippen molar-refractivity contribution in [2.45, 2.75) is 45.8 Å². The smallest absolute Gasteiger partial charge is 0.247 e.